The number of anilines is 1. The van der Waals surface area contributed by atoms with Crippen molar-refractivity contribution in [3.05, 3.63) is 39.4 Å². The third-order valence-electron chi connectivity index (χ3n) is 1.82. The first kappa shape index (κ1) is 16.4. The summed E-state index contributed by atoms with van der Waals surface area (Å²) in [5.74, 6) is 0. The maximum Gasteiger partial charge on any atom is 0.416 e. The van der Waals surface area contributed by atoms with E-state index in [1.54, 1.807) is 0 Å². The molecule has 0 bridgehead atoms. The maximum atomic E-state index is 12.4. The molecule has 1 aromatic carbocycles. The second kappa shape index (κ2) is 6.70. The van der Waals surface area contributed by atoms with Crippen LogP contribution in [0.15, 0.2) is 38.9 Å². The number of nitrogens with one attached hydrogen (secondary N) is 1. The highest BCUT2D eigenvalue weighted by atomic mass is 35.5. The van der Waals surface area contributed by atoms with Crippen LogP contribution >= 0.6 is 46.4 Å². The molecular formula is C10H5Cl4F3N2. The summed E-state index contributed by atoms with van der Waals surface area (Å²) in [5.41, 5.74) is 1.58. The van der Waals surface area contributed by atoms with Gasteiger partial charge in [0.15, 0.2) is 5.17 Å². The molecule has 0 saturated heterocycles. The van der Waals surface area contributed by atoms with Crippen molar-refractivity contribution < 1.29 is 13.2 Å². The number of hydrogen-bond acceptors (Lipinski definition) is 2. The van der Waals surface area contributed by atoms with Gasteiger partial charge in [-0.1, -0.05) is 52.5 Å². The van der Waals surface area contributed by atoms with Gasteiger partial charge < -0.3 is 0 Å². The largest absolute Gasteiger partial charge is 0.416 e. The number of benzene rings is 1. The zero-order valence-corrected chi connectivity index (χ0v) is 11.9. The van der Waals surface area contributed by atoms with Crippen molar-refractivity contribution in [3.63, 3.8) is 0 Å². The van der Waals surface area contributed by atoms with Crippen molar-refractivity contribution in [2.24, 2.45) is 5.10 Å². The van der Waals surface area contributed by atoms with Crippen LogP contribution in [0.2, 0.25) is 0 Å². The smallest absolute Gasteiger partial charge is 0.277 e. The van der Waals surface area contributed by atoms with Crippen LogP contribution in [0.3, 0.4) is 0 Å². The van der Waals surface area contributed by atoms with Crippen LogP contribution in [0, 0.1) is 0 Å². The summed E-state index contributed by atoms with van der Waals surface area (Å²) in [5, 5.41) is 3.05. The van der Waals surface area contributed by atoms with Crippen LogP contribution in [0.1, 0.15) is 5.56 Å². The summed E-state index contributed by atoms with van der Waals surface area (Å²) < 4.78 is 37.0. The van der Waals surface area contributed by atoms with Gasteiger partial charge in [-0.3, -0.25) is 5.43 Å². The van der Waals surface area contributed by atoms with E-state index in [1.807, 2.05) is 0 Å². The van der Waals surface area contributed by atoms with E-state index in [0.29, 0.717) is 0 Å². The molecule has 19 heavy (non-hydrogen) atoms. The van der Waals surface area contributed by atoms with Crippen molar-refractivity contribution in [2.45, 2.75) is 6.18 Å². The molecule has 9 heteroatoms. The minimum Gasteiger partial charge on any atom is -0.277 e. The van der Waals surface area contributed by atoms with E-state index in [2.05, 4.69) is 10.5 Å². The van der Waals surface area contributed by atoms with E-state index >= 15 is 0 Å². The topological polar surface area (TPSA) is 24.4 Å². The fraction of sp³-hybridized carbons (Fsp3) is 0.100. The Morgan fingerprint density at radius 2 is 1.74 bits per heavy atom. The normalized spacial score (nSPS) is 12.3. The van der Waals surface area contributed by atoms with Crippen LogP contribution in [0.25, 0.3) is 0 Å². The van der Waals surface area contributed by atoms with Crippen LogP contribution in [0.4, 0.5) is 18.9 Å². The fourth-order valence-electron chi connectivity index (χ4n) is 1.01. The Balaban J connectivity index is 2.91. The lowest BCUT2D eigenvalue weighted by molar-refractivity contribution is -0.137. The fourth-order valence-corrected chi connectivity index (χ4v) is 1.46. The van der Waals surface area contributed by atoms with Crippen LogP contribution in [-0.4, -0.2) is 5.17 Å². The molecule has 0 atom stereocenters. The lowest BCUT2D eigenvalue weighted by Gasteiger charge is -2.08. The minimum absolute atomic E-state index is 0.0862. The predicted molar refractivity (Wildman–Crippen MR) is 72.9 cm³/mol. The van der Waals surface area contributed by atoms with Gasteiger partial charge in [0.25, 0.3) is 0 Å². The third kappa shape index (κ3) is 5.10. The molecule has 0 radical (unpaired) electrons. The molecule has 2 nitrogen and oxygen atoms in total. The van der Waals surface area contributed by atoms with Crippen molar-refractivity contribution in [1.29, 1.82) is 0 Å². The molecule has 0 heterocycles. The number of halogens is 7. The van der Waals surface area contributed by atoms with Gasteiger partial charge in [-0.05, 0) is 18.2 Å². The van der Waals surface area contributed by atoms with Gasteiger partial charge in [-0.2, -0.15) is 18.3 Å². The number of alkyl halides is 3. The molecule has 1 N–H and O–H groups in total. The monoisotopic (exact) mass is 350 g/mol. The zero-order valence-electron chi connectivity index (χ0n) is 8.90. The van der Waals surface area contributed by atoms with E-state index in [1.165, 1.54) is 12.1 Å². The number of hydrazone groups is 1. The predicted octanol–water partition coefficient (Wildman–Crippen LogP) is 5.56. The summed E-state index contributed by atoms with van der Waals surface area (Å²) in [7, 11) is 0. The van der Waals surface area contributed by atoms with Crippen molar-refractivity contribution in [1.82, 2.24) is 0 Å². The summed E-state index contributed by atoms with van der Waals surface area (Å²) in [4.78, 5) is 0. The van der Waals surface area contributed by atoms with Crippen LogP contribution < -0.4 is 5.43 Å². The Kier molecular flexibility index (Phi) is 5.80. The molecule has 0 aromatic heterocycles. The quantitative estimate of drug-likeness (QED) is 0.560. The molecular weight excluding hydrogens is 347 g/mol. The van der Waals surface area contributed by atoms with E-state index in [0.717, 1.165) is 12.1 Å². The molecule has 104 valence electrons. The summed E-state index contributed by atoms with van der Waals surface area (Å²) in [6, 6.07) is 4.40. The average Bonchev–Trinajstić information content (AvgIpc) is 2.34. The van der Waals surface area contributed by atoms with E-state index in [4.69, 9.17) is 46.4 Å². The number of rotatable bonds is 3. The molecule has 0 fully saturated rings. The zero-order chi connectivity index (χ0) is 14.6. The van der Waals surface area contributed by atoms with Gasteiger partial charge in [0.1, 0.15) is 9.52 Å². The third-order valence-corrected chi connectivity index (χ3v) is 3.13. The van der Waals surface area contributed by atoms with Crippen molar-refractivity contribution in [2.75, 3.05) is 5.43 Å². The first-order valence-electron chi connectivity index (χ1n) is 4.59. The van der Waals surface area contributed by atoms with Crippen molar-refractivity contribution >= 4 is 57.3 Å². The van der Waals surface area contributed by atoms with Gasteiger partial charge in [0.05, 0.1) is 11.3 Å². The molecule has 0 saturated carbocycles. The van der Waals surface area contributed by atoms with E-state index in [-0.39, 0.29) is 20.4 Å². The lowest BCUT2D eigenvalue weighted by atomic mass is 10.2. The lowest BCUT2D eigenvalue weighted by Crippen LogP contribution is -2.05. The molecule has 0 unspecified atom stereocenters. The van der Waals surface area contributed by atoms with Crippen molar-refractivity contribution in [3.8, 4) is 0 Å². The van der Waals surface area contributed by atoms with Gasteiger partial charge >= 0.3 is 6.18 Å². The number of hydrogen-bond donors (Lipinski definition) is 1. The minimum atomic E-state index is -4.44. The number of allylic oxidation sites excluding steroid dienone is 1. The Labute approximate surface area is 126 Å². The van der Waals surface area contributed by atoms with Gasteiger partial charge in [-0.25, -0.2) is 0 Å². The second-order valence-electron chi connectivity index (χ2n) is 3.17. The Hall–Kier alpha value is -0.620. The highest BCUT2D eigenvalue weighted by Crippen LogP contribution is 2.30. The van der Waals surface area contributed by atoms with E-state index in [9.17, 15) is 13.2 Å². The standard InChI is InChI=1S/C10H5Cl4F3N2/c11-7(8(12)13)9(14)19-18-6-3-1-2-5(4-6)10(15,16)17/h1-4,18H/b19-9-. The summed E-state index contributed by atoms with van der Waals surface area (Å²) in [6.07, 6.45) is -4.44. The number of nitrogens with zero attached hydrogens (tertiary/aromatic N) is 1. The SMILES string of the molecule is FC(F)(F)c1cccc(N/N=C(\Cl)C(Cl)=C(Cl)Cl)c1. The van der Waals surface area contributed by atoms with Gasteiger partial charge in [0.2, 0.25) is 0 Å². The first-order valence-corrected chi connectivity index (χ1v) is 6.10. The Morgan fingerprint density at radius 3 is 2.26 bits per heavy atom. The van der Waals surface area contributed by atoms with E-state index < -0.39 is 11.7 Å². The summed E-state index contributed by atoms with van der Waals surface area (Å²) in [6.45, 7) is 0. The average molecular weight is 352 g/mol. The Bertz CT molecular complexity index is 522. The molecule has 0 amide bonds. The van der Waals surface area contributed by atoms with Gasteiger partial charge in [-0.15, -0.1) is 0 Å². The highest BCUT2D eigenvalue weighted by molar-refractivity contribution is 6.79. The highest BCUT2D eigenvalue weighted by Gasteiger charge is 2.30. The molecule has 0 aliphatic heterocycles. The molecule has 1 aromatic rings. The first-order chi connectivity index (χ1) is 8.71. The molecule has 0 aliphatic carbocycles. The second-order valence-corrected chi connectivity index (χ2v) is 4.85. The molecule has 1 rings (SSSR count). The van der Waals surface area contributed by atoms with Crippen LogP contribution in [-0.2, 0) is 6.18 Å². The maximum absolute atomic E-state index is 12.4. The Morgan fingerprint density at radius 1 is 1.11 bits per heavy atom. The molecule has 0 aliphatic rings. The molecule has 0 spiro atoms. The van der Waals surface area contributed by atoms with Gasteiger partial charge in [0, 0.05) is 0 Å². The summed E-state index contributed by atoms with van der Waals surface area (Å²) >= 11 is 21.9. The van der Waals surface area contributed by atoms with Crippen LogP contribution in [0.5, 0.6) is 0 Å².